The minimum absolute atomic E-state index is 0.0226. The number of aryl methyl sites for hydroxylation is 3. The van der Waals surface area contributed by atoms with E-state index >= 15 is 0 Å². The van der Waals surface area contributed by atoms with Gasteiger partial charge < -0.3 is 5.32 Å². The number of rotatable bonds is 7. The van der Waals surface area contributed by atoms with Crippen molar-refractivity contribution in [3.8, 4) is 0 Å². The van der Waals surface area contributed by atoms with Crippen molar-refractivity contribution in [2.75, 3.05) is 15.9 Å². The first-order valence-electron chi connectivity index (χ1n) is 11.2. The predicted octanol–water partition coefficient (Wildman–Crippen LogP) is 4.92. The molecule has 35 heavy (non-hydrogen) atoms. The van der Waals surface area contributed by atoms with Crippen molar-refractivity contribution >= 4 is 48.9 Å². The monoisotopic (exact) mass is 509 g/mol. The molecule has 0 aliphatic heterocycles. The third kappa shape index (κ3) is 5.16. The van der Waals surface area contributed by atoms with E-state index in [2.05, 4.69) is 5.32 Å². The number of anilines is 2. The number of nitrogens with one attached hydrogen (secondary N) is 1. The molecule has 0 saturated carbocycles. The van der Waals surface area contributed by atoms with Crippen molar-refractivity contribution in [3.05, 3.63) is 92.6 Å². The van der Waals surface area contributed by atoms with Crippen LogP contribution in [0.5, 0.6) is 0 Å². The molecular weight excluding hydrogens is 482 g/mol. The van der Waals surface area contributed by atoms with E-state index < -0.39 is 10.0 Å². The lowest BCUT2D eigenvalue weighted by Crippen LogP contribution is -2.30. The molecule has 0 aliphatic rings. The van der Waals surface area contributed by atoms with E-state index in [9.17, 15) is 18.0 Å². The van der Waals surface area contributed by atoms with Gasteiger partial charge in [-0.25, -0.2) is 8.42 Å². The first kappa shape index (κ1) is 24.7. The normalized spacial score (nSPS) is 11.5. The number of fused-ring (bicyclic) bond motifs is 1. The number of aromatic nitrogens is 1. The first-order valence-corrected chi connectivity index (χ1v) is 13.8. The van der Waals surface area contributed by atoms with E-state index in [0.29, 0.717) is 23.5 Å². The van der Waals surface area contributed by atoms with E-state index in [1.807, 2.05) is 45.0 Å². The Balaban J connectivity index is 1.53. The molecule has 4 rings (SSSR count). The molecular formula is C26H27N3O4S2. The largest absolute Gasteiger partial charge is 0.322 e. The van der Waals surface area contributed by atoms with Crippen LogP contribution in [0, 0.1) is 13.8 Å². The zero-order valence-corrected chi connectivity index (χ0v) is 21.7. The number of hydrogen-bond donors (Lipinski definition) is 1. The van der Waals surface area contributed by atoms with Gasteiger partial charge in [0.15, 0.2) is 0 Å². The highest BCUT2D eigenvalue weighted by Crippen LogP contribution is 2.28. The van der Waals surface area contributed by atoms with Crippen molar-refractivity contribution < 1.29 is 13.2 Å². The number of carbonyl (C=O) groups is 1. The van der Waals surface area contributed by atoms with Crippen molar-refractivity contribution in [2.24, 2.45) is 0 Å². The summed E-state index contributed by atoms with van der Waals surface area (Å²) in [6, 6.07) is 18.0. The standard InChI is InChI=1S/C26H27N3O4S2/c1-5-28-22-14-13-21(15-23(22)34-26(28)31)27-25(30)20-11-9-19(10-12-20)16-29(35(4,32)33)24-17(2)7-6-8-18(24)3/h6-15H,5,16H2,1-4H3,(H,27,30). The van der Waals surface area contributed by atoms with E-state index in [-0.39, 0.29) is 17.3 Å². The van der Waals surface area contributed by atoms with Crippen LogP contribution in [0.2, 0.25) is 0 Å². The average molecular weight is 510 g/mol. The molecule has 0 unspecified atom stereocenters. The van der Waals surface area contributed by atoms with Crippen molar-refractivity contribution in [2.45, 2.75) is 33.9 Å². The molecule has 182 valence electrons. The zero-order valence-electron chi connectivity index (χ0n) is 20.0. The minimum Gasteiger partial charge on any atom is -0.322 e. The molecule has 7 nitrogen and oxygen atoms in total. The Morgan fingerprint density at radius 2 is 1.69 bits per heavy atom. The number of carbonyl (C=O) groups excluding carboxylic acids is 1. The lowest BCUT2D eigenvalue weighted by atomic mass is 10.1. The summed E-state index contributed by atoms with van der Waals surface area (Å²) >= 11 is 1.15. The lowest BCUT2D eigenvalue weighted by Gasteiger charge is -2.26. The average Bonchev–Trinajstić information content (AvgIpc) is 3.12. The molecule has 0 spiro atoms. The summed E-state index contributed by atoms with van der Waals surface area (Å²) < 4.78 is 29.1. The van der Waals surface area contributed by atoms with Gasteiger partial charge in [0, 0.05) is 17.8 Å². The van der Waals surface area contributed by atoms with Gasteiger partial charge in [0.05, 0.1) is 28.7 Å². The Morgan fingerprint density at radius 3 is 2.29 bits per heavy atom. The van der Waals surface area contributed by atoms with Gasteiger partial charge in [-0.3, -0.25) is 18.5 Å². The Kier molecular flexibility index (Phi) is 6.82. The van der Waals surface area contributed by atoms with E-state index in [0.717, 1.165) is 38.2 Å². The van der Waals surface area contributed by atoms with Crippen LogP contribution < -0.4 is 14.5 Å². The summed E-state index contributed by atoms with van der Waals surface area (Å²) in [5.74, 6) is -0.284. The van der Waals surface area contributed by atoms with Crippen LogP contribution in [-0.4, -0.2) is 25.1 Å². The maximum atomic E-state index is 12.8. The highest BCUT2D eigenvalue weighted by Gasteiger charge is 2.21. The second-order valence-corrected chi connectivity index (χ2v) is 11.4. The second-order valence-electron chi connectivity index (χ2n) is 8.46. The second kappa shape index (κ2) is 9.67. The highest BCUT2D eigenvalue weighted by molar-refractivity contribution is 7.92. The van der Waals surface area contributed by atoms with E-state index in [1.54, 1.807) is 41.0 Å². The van der Waals surface area contributed by atoms with Crippen LogP contribution in [0.15, 0.2) is 65.5 Å². The highest BCUT2D eigenvalue weighted by atomic mass is 32.2. The minimum atomic E-state index is -3.52. The van der Waals surface area contributed by atoms with E-state index in [1.165, 1.54) is 10.6 Å². The number of benzene rings is 3. The number of hydrogen-bond acceptors (Lipinski definition) is 5. The Bertz CT molecular complexity index is 1550. The molecule has 1 amide bonds. The number of sulfonamides is 1. The van der Waals surface area contributed by atoms with Gasteiger partial charge in [0.25, 0.3) is 5.91 Å². The van der Waals surface area contributed by atoms with Crippen LogP contribution in [-0.2, 0) is 23.1 Å². The SMILES string of the molecule is CCn1c(=O)sc2cc(NC(=O)c3ccc(CN(c4c(C)cccc4C)S(C)(=O)=O)cc3)ccc21. The topological polar surface area (TPSA) is 88.5 Å². The Hall–Kier alpha value is -3.43. The summed E-state index contributed by atoms with van der Waals surface area (Å²) in [6.07, 6.45) is 1.20. The fourth-order valence-electron chi connectivity index (χ4n) is 4.14. The van der Waals surface area contributed by atoms with Gasteiger partial charge in [0.2, 0.25) is 10.0 Å². The summed E-state index contributed by atoms with van der Waals surface area (Å²) in [7, 11) is -3.52. The number of nitrogens with zero attached hydrogens (tertiary/aromatic N) is 2. The van der Waals surface area contributed by atoms with Gasteiger partial charge in [-0.05, 0) is 67.8 Å². The van der Waals surface area contributed by atoms with Crippen LogP contribution in [0.4, 0.5) is 11.4 Å². The molecule has 9 heteroatoms. The lowest BCUT2D eigenvalue weighted by molar-refractivity contribution is 0.102. The first-order chi connectivity index (χ1) is 16.6. The summed E-state index contributed by atoms with van der Waals surface area (Å²) in [5, 5.41) is 2.87. The molecule has 4 aromatic rings. The smallest absolute Gasteiger partial charge is 0.308 e. The van der Waals surface area contributed by atoms with Crippen LogP contribution in [0.3, 0.4) is 0 Å². The van der Waals surface area contributed by atoms with Gasteiger partial charge in [-0.2, -0.15) is 0 Å². The van der Waals surface area contributed by atoms with Gasteiger partial charge in [0.1, 0.15) is 0 Å². The molecule has 1 N–H and O–H groups in total. The Morgan fingerprint density at radius 1 is 1.03 bits per heavy atom. The van der Waals surface area contributed by atoms with Gasteiger partial charge in [-0.15, -0.1) is 0 Å². The summed E-state index contributed by atoms with van der Waals surface area (Å²) in [5.41, 5.74) is 5.10. The van der Waals surface area contributed by atoms with Crippen molar-refractivity contribution in [1.82, 2.24) is 4.57 Å². The molecule has 0 aliphatic carbocycles. The molecule has 0 fully saturated rings. The fourth-order valence-corrected chi connectivity index (χ4v) is 6.13. The molecule has 3 aromatic carbocycles. The van der Waals surface area contributed by atoms with Crippen LogP contribution in [0.1, 0.15) is 34.0 Å². The third-order valence-electron chi connectivity index (χ3n) is 5.87. The van der Waals surface area contributed by atoms with Crippen LogP contribution in [0.25, 0.3) is 10.2 Å². The Labute approximate surface area is 208 Å². The van der Waals surface area contributed by atoms with Gasteiger partial charge in [-0.1, -0.05) is 41.7 Å². The maximum Gasteiger partial charge on any atom is 0.308 e. The number of amides is 1. The van der Waals surface area contributed by atoms with Crippen molar-refractivity contribution in [1.29, 1.82) is 0 Å². The molecule has 0 bridgehead atoms. The summed E-state index contributed by atoms with van der Waals surface area (Å²) in [4.78, 5) is 24.9. The zero-order chi connectivity index (χ0) is 25.3. The molecule has 0 radical (unpaired) electrons. The summed E-state index contributed by atoms with van der Waals surface area (Å²) in [6.45, 7) is 6.46. The van der Waals surface area contributed by atoms with E-state index in [4.69, 9.17) is 0 Å². The molecule has 0 atom stereocenters. The molecule has 1 aromatic heterocycles. The third-order valence-corrected chi connectivity index (χ3v) is 7.93. The molecule has 1 heterocycles. The predicted molar refractivity (Wildman–Crippen MR) is 143 cm³/mol. The quantitative estimate of drug-likeness (QED) is 0.383. The number of thiazole rings is 1. The molecule has 0 saturated heterocycles. The van der Waals surface area contributed by atoms with Gasteiger partial charge >= 0.3 is 4.87 Å². The maximum absolute atomic E-state index is 12.8. The van der Waals surface area contributed by atoms with Crippen molar-refractivity contribution in [3.63, 3.8) is 0 Å². The van der Waals surface area contributed by atoms with Crippen LogP contribution >= 0.6 is 11.3 Å². The fraction of sp³-hybridized carbons (Fsp3) is 0.231. The number of para-hydroxylation sites is 1.